The summed E-state index contributed by atoms with van der Waals surface area (Å²) in [5.41, 5.74) is 9.51. The van der Waals surface area contributed by atoms with Gasteiger partial charge in [0.2, 0.25) is 0 Å². The van der Waals surface area contributed by atoms with Crippen LogP contribution in [-0.2, 0) is 0 Å². The van der Waals surface area contributed by atoms with Gasteiger partial charge in [0.15, 0.2) is 0 Å². The van der Waals surface area contributed by atoms with E-state index >= 15 is 0 Å². The number of nitrogens with one attached hydrogen (secondary N) is 1. The van der Waals surface area contributed by atoms with Crippen LogP contribution >= 0.6 is 0 Å². The fourth-order valence-electron chi connectivity index (χ4n) is 2.65. The Kier molecular flexibility index (Phi) is 5.08. The minimum absolute atomic E-state index is 0.189. The van der Waals surface area contributed by atoms with Gasteiger partial charge in [-0.1, -0.05) is 30.3 Å². The molecule has 0 aliphatic rings. The summed E-state index contributed by atoms with van der Waals surface area (Å²) in [7, 11) is 3.15. The first-order valence-corrected chi connectivity index (χ1v) is 8.10. The Bertz CT molecular complexity index is 924. The van der Waals surface area contributed by atoms with E-state index in [1.807, 2.05) is 48.5 Å². The number of hydrogen-bond acceptors (Lipinski definition) is 4. The fourth-order valence-corrected chi connectivity index (χ4v) is 2.65. The van der Waals surface area contributed by atoms with Gasteiger partial charge >= 0.3 is 0 Å². The molecule has 5 heteroatoms. The van der Waals surface area contributed by atoms with Gasteiger partial charge in [-0.15, -0.1) is 0 Å². The number of nitrogens with two attached hydrogens (primary N) is 1. The van der Waals surface area contributed by atoms with Crippen molar-refractivity contribution < 1.29 is 14.3 Å². The van der Waals surface area contributed by atoms with E-state index in [0.29, 0.717) is 28.4 Å². The van der Waals surface area contributed by atoms with E-state index in [2.05, 4.69) is 5.32 Å². The van der Waals surface area contributed by atoms with Crippen molar-refractivity contribution in [2.45, 2.75) is 0 Å². The SMILES string of the molecule is COc1cc(-c2ccc(NC(=O)c3ccccc3)c(OC)c2)ccc1N. The van der Waals surface area contributed by atoms with Crippen LogP contribution in [0.4, 0.5) is 11.4 Å². The first kappa shape index (κ1) is 17.4. The van der Waals surface area contributed by atoms with Crippen molar-refractivity contribution in [3.05, 3.63) is 72.3 Å². The summed E-state index contributed by atoms with van der Waals surface area (Å²) >= 11 is 0. The summed E-state index contributed by atoms with van der Waals surface area (Å²) < 4.78 is 10.7. The van der Waals surface area contributed by atoms with Crippen LogP contribution in [0, 0.1) is 0 Å². The molecule has 3 rings (SSSR count). The smallest absolute Gasteiger partial charge is 0.255 e. The Balaban J connectivity index is 1.89. The third kappa shape index (κ3) is 3.62. The van der Waals surface area contributed by atoms with Gasteiger partial charge in [0, 0.05) is 5.56 Å². The molecule has 1 amide bonds. The molecule has 0 unspecified atom stereocenters. The number of carbonyl (C=O) groups excluding carboxylic acids is 1. The summed E-state index contributed by atoms with van der Waals surface area (Å²) in [5, 5.41) is 2.88. The molecule has 0 aromatic heterocycles. The van der Waals surface area contributed by atoms with Gasteiger partial charge in [-0.05, 0) is 47.5 Å². The lowest BCUT2D eigenvalue weighted by Gasteiger charge is -2.13. The van der Waals surface area contributed by atoms with Crippen LogP contribution in [0.1, 0.15) is 10.4 Å². The maximum atomic E-state index is 12.4. The molecule has 3 aromatic rings. The topological polar surface area (TPSA) is 73.6 Å². The molecule has 0 saturated heterocycles. The van der Waals surface area contributed by atoms with Crippen LogP contribution in [0.3, 0.4) is 0 Å². The third-order valence-corrected chi connectivity index (χ3v) is 4.05. The number of amides is 1. The van der Waals surface area contributed by atoms with Crippen LogP contribution in [0.15, 0.2) is 66.7 Å². The predicted molar refractivity (Wildman–Crippen MR) is 104 cm³/mol. The Morgan fingerprint density at radius 1 is 0.846 bits per heavy atom. The average molecular weight is 348 g/mol. The van der Waals surface area contributed by atoms with Gasteiger partial charge in [0.05, 0.1) is 25.6 Å². The van der Waals surface area contributed by atoms with Gasteiger partial charge < -0.3 is 20.5 Å². The number of methoxy groups -OCH3 is 2. The van der Waals surface area contributed by atoms with E-state index in [4.69, 9.17) is 15.2 Å². The lowest BCUT2D eigenvalue weighted by atomic mass is 10.0. The van der Waals surface area contributed by atoms with E-state index in [1.54, 1.807) is 32.4 Å². The highest BCUT2D eigenvalue weighted by Crippen LogP contribution is 2.34. The summed E-state index contributed by atoms with van der Waals surface area (Å²) in [6.07, 6.45) is 0. The quantitative estimate of drug-likeness (QED) is 0.678. The Labute approximate surface area is 152 Å². The van der Waals surface area contributed by atoms with E-state index in [9.17, 15) is 4.79 Å². The molecule has 0 heterocycles. The zero-order valence-electron chi connectivity index (χ0n) is 14.7. The fraction of sp³-hybridized carbons (Fsp3) is 0.0952. The zero-order chi connectivity index (χ0) is 18.5. The minimum atomic E-state index is -0.189. The minimum Gasteiger partial charge on any atom is -0.495 e. The summed E-state index contributed by atoms with van der Waals surface area (Å²) in [4.78, 5) is 12.4. The van der Waals surface area contributed by atoms with Crippen LogP contribution in [0.25, 0.3) is 11.1 Å². The molecule has 0 atom stereocenters. The highest BCUT2D eigenvalue weighted by molar-refractivity contribution is 6.05. The van der Waals surface area contributed by atoms with E-state index in [-0.39, 0.29) is 5.91 Å². The van der Waals surface area contributed by atoms with Crippen LogP contribution in [-0.4, -0.2) is 20.1 Å². The van der Waals surface area contributed by atoms with Crippen LogP contribution in [0.2, 0.25) is 0 Å². The molecule has 0 saturated carbocycles. The molecule has 0 bridgehead atoms. The predicted octanol–water partition coefficient (Wildman–Crippen LogP) is 4.21. The number of hydrogen-bond donors (Lipinski definition) is 2. The molecule has 3 N–H and O–H groups in total. The Morgan fingerprint density at radius 3 is 2.12 bits per heavy atom. The lowest BCUT2D eigenvalue weighted by Crippen LogP contribution is -2.12. The normalized spacial score (nSPS) is 10.2. The third-order valence-electron chi connectivity index (χ3n) is 4.05. The number of carbonyl (C=O) groups is 1. The van der Waals surface area contributed by atoms with Crippen molar-refractivity contribution in [2.24, 2.45) is 0 Å². The van der Waals surface area contributed by atoms with Gasteiger partial charge in [-0.3, -0.25) is 4.79 Å². The maximum absolute atomic E-state index is 12.4. The number of nitrogen functional groups attached to an aromatic ring is 1. The molecule has 0 aliphatic carbocycles. The van der Waals surface area contributed by atoms with Gasteiger partial charge in [-0.2, -0.15) is 0 Å². The molecular formula is C21H20N2O3. The number of anilines is 2. The molecule has 0 spiro atoms. The molecule has 26 heavy (non-hydrogen) atoms. The summed E-state index contributed by atoms with van der Waals surface area (Å²) in [6.45, 7) is 0. The Hall–Kier alpha value is -3.47. The summed E-state index contributed by atoms with van der Waals surface area (Å²) in [6, 6.07) is 20.2. The molecule has 0 radical (unpaired) electrons. The molecule has 3 aromatic carbocycles. The lowest BCUT2D eigenvalue weighted by molar-refractivity contribution is 0.102. The van der Waals surface area contributed by atoms with Crippen LogP contribution in [0.5, 0.6) is 11.5 Å². The number of benzene rings is 3. The standard InChI is InChI=1S/C21H20N2O3/c1-25-19-12-15(8-10-17(19)22)16-9-11-18(20(13-16)26-2)23-21(24)14-6-4-3-5-7-14/h3-13H,22H2,1-2H3,(H,23,24). The average Bonchev–Trinajstić information content (AvgIpc) is 2.69. The maximum Gasteiger partial charge on any atom is 0.255 e. The van der Waals surface area contributed by atoms with Crippen LogP contribution < -0.4 is 20.5 Å². The van der Waals surface area contributed by atoms with E-state index in [1.165, 1.54) is 0 Å². The second-order valence-electron chi connectivity index (χ2n) is 5.69. The molecular weight excluding hydrogens is 328 g/mol. The second kappa shape index (κ2) is 7.61. The Morgan fingerprint density at radius 2 is 1.46 bits per heavy atom. The first-order valence-electron chi connectivity index (χ1n) is 8.10. The van der Waals surface area contributed by atoms with Crippen molar-refractivity contribution in [1.29, 1.82) is 0 Å². The molecule has 0 fully saturated rings. The zero-order valence-corrected chi connectivity index (χ0v) is 14.7. The first-order chi connectivity index (χ1) is 12.6. The second-order valence-corrected chi connectivity index (χ2v) is 5.69. The van der Waals surface area contributed by atoms with Crippen molar-refractivity contribution in [2.75, 3.05) is 25.3 Å². The number of ether oxygens (including phenoxy) is 2. The van der Waals surface area contributed by atoms with Gasteiger partial charge in [0.25, 0.3) is 5.91 Å². The monoisotopic (exact) mass is 348 g/mol. The van der Waals surface area contributed by atoms with Gasteiger partial charge in [-0.25, -0.2) is 0 Å². The largest absolute Gasteiger partial charge is 0.495 e. The van der Waals surface area contributed by atoms with Crippen molar-refractivity contribution in [1.82, 2.24) is 0 Å². The van der Waals surface area contributed by atoms with Crippen molar-refractivity contribution in [3.63, 3.8) is 0 Å². The molecule has 132 valence electrons. The number of rotatable bonds is 5. The summed E-state index contributed by atoms with van der Waals surface area (Å²) in [5.74, 6) is 0.997. The molecule has 5 nitrogen and oxygen atoms in total. The highest BCUT2D eigenvalue weighted by Gasteiger charge is 2.11. The highest BCUT2D eigenvalue weighted by atomic mass is 16.5. The van der Waals surface area contributed by atoms with E-state index < -0.39 is 0 Å². The van der Waals surface area contributed by atoms with Crippen molar-refractivity contribution >= 4 is 17.3 Å². The molecule has 0 aliphatic heterocycles. The van der Waals surface area contributed by atoms with Crippen molar-refractivity contribution in [3.8, 4) is 22.6 Å². The van der Waals surface area contributed by atoms with E-state index in [0.717, 1.165) is 11.1 Å². The van der Waals surface area contributed by atoms with Gasteiger partial charge in [0.1, 0.15) is 11.5 Å².